The van der Waals surface area contributed by atoms with Crippen molar-refractivity contribution < 1.29 is 23.8 Å². The Balaban J connectivity index is 1.49. The Morgan fingerprint density at radius 3 is 2.50 bits per heavy atom. The van der Waals surface area contributed by atoms with Gasteiger partial charge in [0.05, 0.1) is 0 Å². The van der Waals surface area contributed by atoms with Crippen LogP contribution in [-0.4, -0.2) is 28.4 Å². The van der Waals surface area contributed by atoms with E-state index in [4.69, 9.17) is 14.2 Å². The van der Waals surface area contributed by atoms with E-state index in [1.165, 1.54) is 18.7 Å². The van der Waals surface area contributed by atoms with Crippen molar-refractivity contribution in [2.45, 2.75) is 101 Å². The van der Waals surface area contributed by atoms with Crippen LogP contribution in [0, 0.1) is 24.2 Å². The number of carbonyl (C=O) groups excluding carboxylic acids is 2. The predicted molar refractivity (Wildman–Crippen MR) is 150 cm³/mol. The van der Waals surface area contributed by atoms with Crippen LogP contribution in [0.4, 0.5) is 0 Å². The van der Waals surface area contributed by atoms with Crippen molar-refractivity contribution in [3.63, 3.8) is 0 Å². The molecule has 2 fully saturated rings. The highest BCUT2D eigenvalue weighted by Gasteiger charge is 2.71. The van der Waals surface area contributed by atoms with E-state index < -0.39 is 5.60 Å². The highest BCUT2D eigenvalue weighted by Crippen LogP contribution is 2.75. The molecule has 1 aliphatic heterocycles. The van der Waals surface area contributed by atoms with Crippen molar-refractivity contribution in [2.24, 2.45) is 17.3 Å². The Hall–Kier alpha value is -2.47. The first-order valence-electron chi connectivity index (χ1n) is 13.8. The zero-order chi connectivity index (χ0) is 27.5. The highest BCUT2D eigenvalue weighted by atomic mass is 32.2. The second kappa shape index (κ2) is 9.62. The number of benzene rings is 2. The zero-order valence-electron chi connectivity index (χ0n) is 23.6. The molecule has 3 aliphatic rings. The molecule has 38 heavy (non-hydrogen) atoms. The molecule has 0 bridgehead atoms. The number of ether oxygens (including phenoxy) is 3. The third-order valence-electron chi connectivity index (χ3n) is 9.31. The molecule has 0 amide bonds. The maximum atomic E-state index is 12.1. The van der Waals surface area contributed by atoms with Gasteiger partial charge in [0.1, 0.15) is 22.7 Å². The van der Waals surface area contributed by atoms with Gasteiger partial charge < -0.3 is 14.2 Å². The van der Waals surface area contributed by atoms with E-state index in [9.17, 15) is 9.59 Å². The molecule has 2 saturated carbocycles. The van der Waals surface area contributed by atoms with Crippen molar-refractivity contribution in [3.05, 3.63) is 53.6 Å². The van der Waals surface area contributed by atoms with Gasteiger partial charge in [-0.25, -0.2) is 0 Å². The third kappa shape index (κ3) is 4.63. The molecule has 2 aromatic carbocycles. The standard InChI is InChI=1S/C32H40O5S/c1-19-17-24(35-20(2)33)27-25(18-19)37-32(7)16-13-23-28(32)29(27)31(23,6)15-14-26(30(4,5)36-21(3)34)38-22-11-9-8-10-12-22/h8-12,17-18,23,26,28-29H,13-16H2,1-7H3/t23-,26?,28+,29+,31-,32+/m1/s1. The van der Waals surface area contributed by atoms with Gasteiger partial charge in [-0.3, -0.25) is 9.59 Å². The molecule has 5 nitrogen and oxygen atoms in total. The molecule has 5 rings (SSSR count). The van der Waals surface area contributed by atoms with Gasteiger partial charge in [0, 0.05) is 41.4 Å². The van der Waals surface area contributed by atoms with Crippen LogP contribution in [0.15, 0.2) is 47.4 Å². The molecule has 1 unspecified atom stereocenters. The SMILES string of the molecule is CC(=O)Oc1cc(C)cc2c1[C@H]1[C@@H]3[C@@H](CC[C@]3(C)O2)[C@@]1(C)CCC(Sc1ccccc1)C(C)(C)OC(C)=O. The van der Waals surface area contributed by atoms with Crippen LogP contribution < -0.4 is 9.47 Å². The van der Waals surface area contributed by atoms with E-state index in [2.05, 4.69) is 32.0 Å². The monoisotopic (exact) mass is 536 g/mol. The fourth-order valence-electron chi connectivity index (χ4n) is 7.73. The molecule has 2 aromatic rings. The molecule has 0 aromatic heterocycles. The second-order valence-corrected chi connectivity index (χ2v) is 13.8. The van der Waals surface area contributed by atoms with Crippen molar-refractivity contribution >= 4 is 23.7 Å². The van der Waals surface area contributed by atoms with Crippen LogP contribution in [0.2, 0.25) is 0 Å². The topological polar surface area (TPSA) is 61.8 Å². The van der Waals surface area contributed by atoms with Gasteiger partial charge in [0.2, 0.25) is 0 Å². The van der Waals surface area contributed by atoms with Crippen LogP contribution in [-0.2, 0) is 14.3 Å². The summed E-state index contributed by atoms with van der Waals surface area (Å²) in [5.74, 6) is 2.14. The molecule has 6 atom stereocenters. The fourth-order valence-corrected chi connectivity index (χ4v) is 8.94. The molecule has 0 N–H and O–H groups in total. The summed E-state index contributed by atoms with van der Waals surface area (Å²) in [5.41, 5.74) is 1.29. The van der Waals surface area contributed by atoms with Gasteiger partial charge in [-0.2, -0.15) is 0 Å². The van der Waals surface area contributed by atoms with Gasteiger partial charge in [0.15, 0.2) is 0 Å². The lowest BCUT2D eigenvalue weighted by Gasteiger charge is -2.64. The average Bonchev–Trinajstić information content (AvgIpc) is 3.14. The lowest BCUT2D eigenvalue weighted by Crippen LogP contribution is -2.61. The number of fused-ring (bicyclic) bond motifs is 2. The summed E-state index contributed by atoms with van der Waals surface area (Å²) in [6.45, 7) is 13.7. The number of thioether (sulfide) groups is 1. The van der Waals surface area contributed by atoms with Crippen LogP contribution >= 0.6 is 11.8 Å². The maximum Gasteiger partial charge on any atom is 0.308 e. The van der Waals surface area contributed by atoms with Crippen LogP contribution in [0.25, 0.3) is 0 Å². The molecule has 0 spiro atoms. The van der Waals surface area contributed by atoms with Crippen molar-refractivity contribution in [1.82, 2.24) is 0 Å². The van der Waals surface area contributed by atoms with E-state index in [0.29, 0.717) is 17.6 Å². The zero-order valence-corrected chi connectivity index (χ0v) is 24.4. The van der Waals surface area contributed by atoms with Crippen molar-refractivity contribution in [2.75, 3.05) is 0 Å². The summed E-state index contributed by atoms with van der Waals surface area (Å²) in [6.07, 6.45) is 4.05. The minimum Gasteiger partial charge on any atom is -0.487 e. The summed E-state index contributed by atoms with van der Waals surface area (Å²) in [4.78, 5) is 25.3. The Morgan fingerprint density at radius 2 is 1.84 bits per heavy atom. The molecular formula is C32H40O5S. The van der Waals surface area contributed by atoms with Crippen molar-refractivity contribution in [3.8, 4) is 11.5 Å². The normalized spacial score (nSPS) is 29.8. The highest BCUT2D eigenvalue weighted by molar-refractivity contribution is 8.00. The molecule has 204 valence electrons. The first-order valence-corrected chi connectivity index (χ1v) is 14.7. The summed E-state index contributed by atoms with van der Waals surface area (Å²) in [5, 5.41) is 0.0859. The maximum absolute atomic E-state index is 12.1. The van der Waals surface area contributed by atoms with E-state index in [0.717, 1.165) is 42.6 Å². The van der Waals surface area contributed by atoms with E-state index in [1.807, 2.05) is 45.0 Å². The summed E-state index contributed by atoms with van der Waals surface area (Å²) in [6, 6.07) is 14.4. The van der Waals surface area contributed by atoms with E-state index in [-0.39, 0.29) is 34.1 Å². The van der Waals surface area contributed by atoms with E-state index >= 15 is 0 Å². The van der Waals surface area contributed by atoms with E-state index in [1.54, 1.807) is 11.8 Å². The van der Waals surface area contributed by atoms with Gasteiger partial charge in [-0.15, -0.1) is 11.8 Å². The van der Waals surface area contributed by atoms with Crippen LogP contribution in [0.1, 0.15) is 84.3 Å². The smallest absolute Gasteiger partial charge is 0.308 e. The van der Waals surface area contributed by atoms with Gasteiger partial charge >= 0.3 is 11.9 Å². The number of rotatable bonds is 8. The average molecular weight is 537 g/mol. The molecular weight excluding hydrogens is 496 g/mol. The Morgan fingerprint density at radius 1 is 1.13 bits per heavy atom. The van der Waals surface area contributed by atoms with Gasteiger partial charge in [-0.1, -0.05) is 25.1 Å². The Bertz CT molecular complexity index is 1240. The van der Waals surface area contributed by atoms with Crippen LogP contribution in [0.5, 0.6) is 11.5 Å². The summed E-state index contributed by atoms with van der Waals surface area (Å²) >= 11 is 1.79. The van der Waals surface area contributed by atoms with Gasteiger partial charge in [0.25, 0.3) is 0 Å². The molecule has 2 aliphatic carbocycles. The fraction of sp³-hybridized carbons (Fsp3) is 0.562. The Labute approximate surface area is 231 Å². The number of esters is 2. The number of carbonyl (C=O) groups is 2. The summed E-state index contributed by atoms with van der Waals surface area (Å²) < 4.78 is 18.3. The molecule has 0 radical (unpaired) electrons. The summed E-state index contributed by atoms with van der Waals surface area (Å²) in [7, 11) is 0. The second-order valence-electron chi connectivity index (χ2n) is 12.5. The number of aryl methyl sites for hydroxylation is 1. The minimum absolute atomic E-state index is 0.0207. The molecule has 0 saturated heterocycles. The quantitative estimate of drug-likeness (QED) is 0.198. The van der Waals surface area contributed by atoms with Crippen LogP contribution in [0.3, 0.4) is 0 Å². The predicted octanol–water partition coefficient (Wildman–Crippen LogP) is 7.48. The Kier molecular flexibility index (Phi) is 6.86. The van der Waals surface area contributed by atoms with Gasteiger partial charge in [-0.05, 0) is 94.5 Å². The van der Waals surface area contributed by atoms with Crippen molar-refractivity contribution in [1.29, 1.82) is 0 Å². The number of hydrogen-bond donors (Lipinski definition) is 0. The molecule has 1 heterocycles. The lowest BCUT2D eigenvalue weighted by atomic mass is 9.43. The first-order chi connectivity index (χ1) is 17.8. The minimum atomic E-state index is -0.621. The first kappa shape index (κ1) is 27.1. The third-order valence-corrected chi connectivity index (χ3v) is 10.9. The largest absolute Gasteiger partial charge is 0.487 e. The molecule has 6 heteroatoms. The lowest BCUT2D eigenvalue weighted by molar-refractivity contribution is -0.155. The number of hydrogen-bond acceptors (Lipinski definition) is 6.